The van der Waals surface area contributed by atoms with Gasteiger partial charge in [0.25, 0.3) is 0 Å². The van der Waals surface area contributed by atoms with Gasteiger partial charge in [-0.15, -0.1) is 0 Å². The Morgan fingerprint density at radius 3 is 2.67 bits per heavy atom. The molecule has 0 aliphatic carbocycles. The number of ether oxygens (including phenoxy) is 1. The van der Waals surface area contributed by atoms with Crippen LogP contribution in [0.15, 0.2) is 36.7 Å². The number of hydrogen-bond acceptors (Lipinski definition) is 5. The summed E-state index contributed by atoms with van der Waals surface area (Å²) in [5, 5.41) is 9.38. The van der Waals surface area contributed by atoms with Crippen LogP contribution in [0, 0.1) is 5.92 Å². The van der Waals surface area contributed by atoms with E-state index in [1.807, 2.05) is 11.0 Å². The van der Waals surface area contributed by atoms with Crippen molar-refractivity contribution >= 4 is 11.9 Å². The molecule has 0 atom stereocenters. The van der Waals surface area contributed by atoms with Crippen molar-refractivity contribution in [2.24, 2.45) is 5.92 Å². The smallest absolute Gasteiger partial charge is 0.336 e. The molecule has 1 saturated heterocycles. The van der Waals surface area contributed by atoms with Crippen molar-refractivity contribution in [2.75, 3.05) is 26.8 Å². The number of aromatic nitrogens is 2. The first kappa shape index (κ1) is 19.0. The molecule has 2 heterocycles. The molecule has 0 saturated carbocycles. The fourth-order valence-electron chi connectivity index (χ4n) is 3.45. The molecular formula is C20H23N3O4. The Balaban J connectivity index is 1.68. The normalized spacial score (nSPS) is 14.9. The molecule has 1 aliphatic heterocycles. The summed E-state index contributed by atoms with van der Waals surface area (Å²) >= 11 is 0. The molecule has 0 bridgehead atoms. The molecule has 1 fully saturated rings. The van der Waals surface area contributed by atoms with Crippen molar-refractivity contribution in [3.8, 4) is 11.3 Å². The summed E-state index contributed by atoms with van der Waals surface area (Å²) in [5.41, 5.74) is 2.33. The monoisotopic (exact) mass is 369 g/mol. The number of piperidine rings is 1. The largest absolute Gasteiger partial charge is 0.478 e. The van der Waals surface area contributed by atoms with Gasteiger partial charge in [-0.3, -0.25) is 4.79 Å². The average molecular weight is 369 g/mol. The summed E-state index contributed by atoms with van der Waals surface area (Å²) < 4.78 is 4.91. The lowest BCUT2D eigenvalue weighted by molar-refractivity contribution is -0.136. The molecule has 1 N–H and O–H groups in total. The zero-order valence-corrected chi connectivity index (χ0v) is 15.3. The maximum Gasteiger partial charge on any atom is 0.336 e. The van der Waals surface area contributed by atoms with Crippen molar-refractivity contribution in [3.63, 3.8) is 0 Å². The molecule has 7 nitrogen and oxygen atoms in total. The average Bonchev–Trinajstić information content (AvgIpc) is 2.69. The number of likely N-dealkylation sites (tertiary alicyclic amines) is 1. The van der Waals surface area contributed by atoms with E-state index in [-0.39, 0.29) is 18.1 Å². The maximum absolute atomic E-state index is 11.9. The number of methoxy groups -OCH3 is 1. The molecule has 3 rings (SSSR count). The van der Waals surface area contributed by atoms with Crippen LogP contribution >= 0.6 is 0 Å². The van der Waals surface area contributed by atoms with E-state index in [4.69, 9.17) is 4.74 Å². The van der Waals surface area contributed by atoms with E-state index in [1.165, 1.54) is 13.4 Å². The molecule has 0 unspecified atom stereocenters. The summed E-state index contributed by atoms with van der Waals surface area (Å²) in [6.45, 7) is 1.59. The van der Waals surface area contributed by atoms with Crippen molar-refractivity contribution in [3.05, 3.63) is 47.9 Å². The van der Waals surface area contributed by atoms with Gasteiger partial charge in [-0.2, -0.15) is 0 Å². The van der Waals surface area contributed by atoms with Crippen molar-refractivity contribution in [1.82, 2.24) is 14.9 Å². The molecule has 0 spiro atoms. The van der Waals surface area contributed by atoms with E-state index in [2.05, 4.69) is 9.97 Å². The minimum Gasteiger partial charge on any atom is -0.478 e. The van der Waals surface area contributed by atoms with Crippen molar-refractivity contribution in [2.45, 2.75) is 19.3 Å². The van der Waals surface area contributed by atoms with Crippen LogP contribution < -0.4 is 0 Å². The molecule has 0 radical (unpaired) electrons. The van der Waals surface area contributed by atoms with Gasteiger partial charge in [0, 0.05) is 31.5 Å². The molecule has 7 heteroatoms. The molecule has 1 amide bonds. The SMILES string of the molecule is COCC(=O)N1CCC(Cc2cc(-c3ccccc3C(=O)O)ncn2)CC1. The highest BCUT2D eigenvalue weighted by molar-refractivity contribution is 5.95. The fraction of sp³-hybridized carbons (Fsp3) is 0.400. The number of carboxylic acids is 1. The summed E-state index contributed by atoms with van der Waals surface area (Å²) in [4.78, 5) is 33.8. The Bertz CT molecular complexity index is 816. The van der Waals surface area contributed by atoms with Crippen molar-refractivity contribution < 1.29 is 19.4 Å². The Kier molecular flexibility index (Phi) is 6.13. The van der Waals surface area contributed by atoms with E-state index in [9.17, 15) is 14.7 Å². The van der Waals surface area contributed by atoms with Gasteiger partial charge in [0.05, 0.1) is 11.3 Å². The zero-order valence-electron chi connectivity index (χ0n) is 15.3. The molecule has 1 aromatic carbocycles. The van der Waals surface area contributed by atoms with Gasteiger partial charge in [-0.1, -0.05) is 18.2 Å². The lowest BCUT2D eigenvalue weighted by atomic mass is 9.91. The standard InChI is InChI=1S/C20H23N3O4/c1-27-12-19(24)23-8-6-14(7-9-23)10-15-11-18(22-13-21-15)16-4-2-3-5-17(16)20(25)26/h2-5,11,13-14H,6-10,12H2,1H3,(H,25,26). The van der Waals surface area contributed by atoms with E-state index in [0.29, 0.717) is 17.2 Å². The lowest BCUT2D eigenvalue weighted by Gasteiger charge is -2.31. The highest BCUT2D eigenvalue weighted by atomic mass is 16.5. The topological polar surface area (TPSA) is 92.6 Å². The minimum atomic E-state index is -0.973. The second-order valence-electron chi connectivity index (χ2n) is 6.71. The highest BCUT2D eigenvalue weighted by Gasteiger charge is 2.23. The predicted octanol–water partition coefficient (Wildman–Crippen LogP) is 2.27. The molecule has 1 aromatic heterocycles. The van der Waals surface area contributed by atoms with Crippen LogP contribution in [0.4, 0.5) is 0 Å². The highest BCUT2D eigenvalue weighted by Crippen LogP contribution is 2.25. The number of nitrogens with zero attached hydrogens (tertiary/aromatic N) is 3. The number of hydrogen-bond donors (Lipinski definition) is 1. The second-order valence-corrected chi connectivity index (χ2v) is 6.71. The van der Waals surface area contributed by atoms with Gasteiger partial charge < -0.3 is 14.7 Å². The van der Waals surface area contributed by atoms with Crippen LogP contribution in [0.25, 0.3) is 11.3 Å². The van der Waals surface area contributed by atoms with Gasteiger partial charge in [-0.25, -0.2) is 14.8 Å². The number of amides is 1. The summed E-state index contributed by atoms with van der Waals surface area (Å²) in [6.07, 6.45) is 4.11. The second kappa shape index (κ2) is 8.73. The fourth-order valence-corrected chi connectivity index (χ4v) is 3.45. The van der Waals surface area contributed by atoms with E-state index >= 15 is 0 Å². The summed E-state index contributed by atoms with van der Waals surface area (Å²) in [7, 11) is 1.53. The van der Waals surface area contributed by atoms with Gasteiger partial charge in [-0.05, 0) is 37.3 Å². The van der Waals surface area contributed by atoms with E-state index in [1.54, 1.807) is 24.3 Å². The first-order valence-electron chi connectivity index (χ1n) is 8.99. The molecular weight excluding hydrogens is 346 g/mol. The number of carbonyl (C=O) groups is 2. The Labute approximate surface area is 158 Å². The third-order valence-electron chi connectivity index (χ3n) is 4.89. The molecule has 2 aromatic rings. The van der Waals surface area contributed by atoms with Crippen LogP contribution in [0.2, 0.25) is 0 Å². The lowest BCUT2D eigenvalue weighted by Crippen LogP contribution is -2.40. The van der Waals surface area contributed by atoms with Crippen LogP contribution in [-0.2, 0) is 16.0 Å². The zero-order chi connectivity index (χ0) is 19.2. The quantitative estimate of drug-likeness (QED) is 0.840. The first-order valence-corrected chi connectivity index (χ1v) is 8.99. The Hall–Kier alpha value is -2.80. The number of benzene rings is 1. The van der Waals surface area contributed by atoms with Crippen molar-refractivity contribution in [1.29, 1.82) is 0 Å². The van der Waals surface area contributed by atoms with Crippen LogP contribution in [-0.4, -0.2) is 58.7 Å². The number of rotatable bonds is 6. The number of carboxylic acid groups (broad SMARTS) is 1. The summed E-state index contributed by atoms with van der Waals surface area (Å²) in [5.74, 6) is -0.501. The van der Waals surface area contributed by atoms with Crippen LogP contribution in [0.3, 0.4) is 0 Å². The Morgan fingerprint density at radius 2 is 1.96 bits per heavy atom. The minimum absolute atomic E-state index is 0.0329. The van der Waals surface area contributed by atoms with Gasteiger partial charge >= 0.3 is 5.97 Å². The van der Waals surface area contributed by atoms with Gasteiger partial charge in [0.1, 0.15) is 12.9 Å². The van der Waals surface area contributed by atoms with E-state index in [0.717, 1.165) is 38.0 Å². The predicted molar refractivity (Wildman–Crippen MR) is 99.3 cm³/mol. The third kappa shape index (κ3) is 4.68. The van der Waals surface area contributed by atoms with Gasteiger partial charge in [0.2, 0.25) is 5.91 Å². The Morgan fingerprint density at radius 1 is 1.22 bits per heavy atom. The maximum atomic E-state index is 11.9. The number of carbonyl (C=O) groups excluding carboxylic acids is 1. The van der Waals surface area contributed by atoms with Gasteiger partial charge in [0.15, 0.2) is 0 Å². The first-order chi connectivity index (χ1) is 13.1. The summed E-state index contributed by atoms with van der Waals surface area (Å²) in [6, 6.07) is 8.70. The number of aromatic carboxylic acids is 1. The van der Waals surface area contributed by atoms with E-state index < -0.39 is 5.97 Å². The van der Waals surface area contributed by atoms with Crippen LogP contribution in [0.5, 0.6) is 0 Å². The molecule has 1 aliphatic rings. The molecule has 27 heavy (non-hydrogen) atoms. The van der Waals surface area contributed by atoms with Crippen LogP contribution in [0.1, 0.15) is 28.9 Å². The molecule has 142 valence electrons. The third-order valence-corrected chi connectivity index (χ3v) is 4.89.